The fourth-order valence-corrected chi connectivity index (χ4v) is 4.78. The van der Waals surface area contributed by atoms with Crippen LogP contribution in [0.4, 0.5) is 22.1 Å². The molecule has 6 rings (SSSR count). The summed E-state index contributed by atoms with van der Waals surface area (Å²) in [5, 5.41) is 10.7. The highest BCUT2D eigenvalue weighted by atomic mass is 16.6. The molecule has 34 heavy (non-hydrogen) atoms. The molecule has 1 saturated heterocycles. The molecule has 3 aliphatic rings. The predicted octanol–water partition coefficient (Wildman–Crippen LogP) is 2.34. The van der Waals surface area contributed by atoms with Crippen molar-refractivity contribution in [2.24, 2.45) is 0 Å². The van der Waals surface area contributed by atoms with E-state index in [-0.39, 0.29) is 29.6 Å². The van der Waals surface area contributed by atoms with Gasteiger partial charge in [-0.15, -0.1) is 5.10 Å². The largest absolute Gasteiger partial charge is 0.421 e. The maximum Gasteiger partial charge on any atom is 0.421 e. The molecule has 172 valence electrons. The van der Waals surface area contributed by atoms with Gasteiger partial charge in [-0.25, -0.2) is 9.78 Å². The molecule has 3 atom stereocenters. The lowest BCUT2D eigenvalue weighted by Crippen LogP contribution is -2.48. The van der Waals surface area contributed by atoms with Crippen LogP contribution in [0, 0.1) is 0 Å². The van der Waals surface area contributed by atoms with Crippen LogP contribution in [0.2, 0.25) is 0 Å². The van der Waals surface area contributed by atoms with Gasteiger partial charge in [-0.05, 0) is 48.7 Å². The number of nitrogens with one attached hydrogen (secondary N) is 1. The second-order valence-electron chi connectivity index (χ2n) is 8.81. The predicted molar refractivity (Wildman–Crippen MR) is 125 cm³/mol. The topological polar surface area (TPSA) is 127 Å². The lowest BCUT2D eigenvalue weighted by Gasteiger charge is -2.35. The third-order valence-electron chi connectivity index (χ3n) is 6.56. The SMILES string of the molecule is Nc1cc(C2CC2NC(=O)c2ccc3c(n2)N(C(=O)Oc2ccccc2)[C@H]2CCN3C2)cnn1. The first kappa shape index (κ1) is 20.4. The summed E-state index contributed by atoms with van der Waals surface area (Å²) in [4.78, 5) is 34.5. The first-order valence-corrected chi connectivity index (χ1v) is 11.3. The van der Waals surface area contributed by atoms with Crippen molar-refractivity contribution in [3.63, 3.8) is 0 Å². The summed E-state index contributed by atoms with van der Waals surface area (Å²) in [6.07, 6.45) is 2.79. The Hall–Kier alpha value is -4.21. The van der Waals surface area contributed by atoms with Crippen LogP contribution in [-0.2, 0) is 0 Å². The van der Waals surface area contributed by atoms with E-state index >= 15 is 0 Å². The van der Waals surface area contributed by atoms with Crippen LogP contribution in [0.3, 0.4) is 0 Å². The molecule has 2 fully saturated rings. The van der Waals surface area contributed by atoms with E-state index in [2.05, 4.69) is 25.4 Å². The van der Waals surface area contributed by atoms with E-state index in [4.69, 9.17) is 10.5 Å². The molecule has 0 radical (unpaired) electrons. The summed E-state index contributed by atoms with van der Waals surface area (Å²) in [6.45, 7) is 1.55. The third-order valence-corrected chi connectivity index (χ3v) is 6.56. The van der Waals surface area contributed by atoms with Crippen LogP contribution in [0.1, 0.15) is 34.8 Å². The van der Waals surface area contributed by atoms with Crippen molar-refractivity contribution in [1.29, 1.82) is 0 Å². The number of para-hydroxylation sites is 1. The fraction of sp³-hybridized carbons (Fsp3) is 0.292. The highest BCUT2D eigenvalue weighted by molar-refractivity contribution is 5.98. The van der Waals surface area contributed by atoms with Gasteiger partial charge in [0.1, 0.15) is 17.3 Å². The highest BCUT2D eigenvalue weighted by Gasteiger charge is 2.43. The molecule has 2 aromatic heterocycles. The number of nitrogens with two attached hydrogens (primary N) is 1. The monoisotopic (exact) mass is 457 g/mol. The average Bonchev–Trinajstić information content (AvgIpc) is 3.49. The molecule has 2 unspecified atom stereocenters. The van der Waals surface area contributed by atoms with Crippen LogP contribution in [0.15, 0.2) is 54.7 Å². The van der Waals surface area contributed by atoms with Gasteiger partial charge in [0.2, 0.25) is 0 Å². The van der Waals surface area contributed by atoms with Crippen molar-refractivity contribution < 1.29 is 14.3 Å². The minimum absolute atomic E-state index is 0.0204. The average molecular weight is 457 g/mol. The summed E-state index contributed by atoms with van der Waals surface area (Å²) in [7, 11) is 0. The number of benzene rings is 1. The van der Waals surface area contributed by atoms with E-state index < -0.39 is 6.09 Å². The molecule has 4 heterocycles. The van der Waals surface area contributed by atoms with Gasteiger partial charge in [0.25, 0.3) is 5.91 Å². The van der Waals surface area contributed by atoms with Gasteiger partial charge in [-0.1, -0.05) is 18.2 Å². The number of carbonyl (C=O) groups is 2. The summed E-state index contributed by atoms with van der Waals surface area (Å²) in [5.41, 5.74) is 7.77. The number of ether oxygens (including phenoxy) is 1. The fourth-order valence-electron chi connectivity index (χ4n) is 4.78. The summed E-state index contributed by atoms with van der Waals surface area (Å²) >= 11 is 0. The number of rotatable bonds is 4. The number of aromatic nitrogens is 3. The lowest BCUT2D eigenvalue weighted by atomic mass is 10.1. The molecule has 3 N–H and O–H groups in total. The maximum atomic E-state index is 13.1. The Morgan fingerprint density at radius 3 is 2.82 bits per heavy atom. The molecular formula is C24H23N7O3. The Kier molecular flexibility index (Phi) is 4.79. The number of hydrogen-bond donors (Lipinski definition) is 2. The van der Waals surface area contributed by atoms with Crippen LogP contribution < -0.4 is 25.6 Å². The number of amides is 2. The zero-order valence-corrected chi connectivity index (χ0v) is 18.3. The summed E-state index contributed by atoms with van der Waals surface area (Å²) in [6, 6.07) is 14.2. The summed E-state index contributed by atoms with van der Waals surface area (Å²) < 4.78 is 5.62. The molecule has 1 aliphatic carbocycles. The van der Waals surface area contributed by atoms with E-state index in [0.717, 1.165) is 37.2 Å². The van der Waals surface area contributed by atoms with Gasteiger partial charge in [-0.2, -0.15) is 5.10 Å². The first-order chi connectivity index (χ1) is 16.6. The Balaban J connectivity index is 1.22. The maximum absolute atomic E-state index is 13.1. The first-order valence-electron chi connectivity index (χ1n) is 11.3. The van der Waals surface area contributed by atoms with E-state index in [1.54, 1.807) is 35.4 Å². The van der Waals surface area contributed by atoms with Gasteiger partial charge in [-0.3, -0.25) is 9.69 Å². The van der Waals surface area contributed by atoms with Gasteiger partial charge in [0.05, 0.1) is 17.9 Å². The highest BCUT2D eigenvalue weighted by Crippen LogP contribution is 2.42. The van der Waals surface area contributed by atoms with Crippen molar-refractivity contribution in [3.05, 3.63) is 66.0 Å². The summed E-state index contributed by atoms with van der Waals surface area (Å²) in [5.74, 6) is 1.15. The number of nitrogen functional groups attached to an aromatic ring is 1. The zero-order valence-electron chi connectivity index (χ0n) is 18.3. The van der Waals surface area contributed by atoms with Crippen molar-refractivity contribution in [2.45, 2.75) is 30.8 Å². The van der Waals surface area contributed by atoms with E-state index in [0.29, 0.717) is 17.4 Å². The Labute approximate surface area is 195 Å². The Bertz CT molecular complexity index is 1270. The molecule has 1 aromatic carbocycles. The van der Waals surface area contributed by atoms with Gasteiger partial charge in [0, 0.05) is 25.0 Å². The third kappa shape index (κ3) is 3.66. The van der Waals surface area contributed by atoms with Crippen molar-refractivity contribution in [3.8, 4) is 5.75 Å². The smallest absolute Gasteiger partial charge is 0.410 e. The quantitative estimate of drug-likeness (QED) is 0.611. The molecule has 10 heteroatoms. The molecular weight excluding hydrogens is 434 g/mol. The van der Waals surface area contributed by atoms with Gasteiger partial charge >= 0.3 is 6.09 Å². The lowest BCUT2D eigenvalue weighted by molar-refractivity contribution is 0.0945. The molecule has 2 bridgehead atoms. The van der Waals surface area contributed by atoms with Crippen molar-refractivity contribution in [2.75, 3.05) is 28.6 Å². The van der Waals surface area contributed by atoms with E-state index in [9.17, 15) is 9.59 Å². The molecule has 10 nitrogen and oxygen atoms in total. The van der Waals surface area contributed by atoms with Crippen LogP contribution >= 0.6 is 0 Å². The molecule has 2 aliphatic heterocycles. The van der Waals surface area contributed by atoms with E-state index in [1.807, 2.05) is 24.3 Å². The number of anilines is 3. The molecule has 3 aromatic rings. The van der Waals surface area contributed by atoms with Gasteiger partial charge in [0.15, 0.2) is 5.82 Å². The second-order valence-corrected chi connectivity index (χ2v) is 8.81. The Morgan fingerprint density at radius 1 is 1.15 bits per heavy atom. The number of nitrogens with zero attached hydrogens (tertiary/aromatic N) is 5. The zero-order chi connectivity index (χ0) is 23.2. The van der Waals surface area contributed by atoms with Gasteiger partial charge < -0.3 is 20.7 Å². The van der Waals surface area contributed by atoms with E-state index in [1.165, 1.54) is 0 Å². The number of fused-ring (bicyclic) bond motifs is 4. The van der Waals surface area contributed by atoms with Crippen LogP contribution in [0.25, 0.3) is 0 Å². The second kappa shape index (κ2) is 7.98. The van der Waals surface area contributed by atoms with Crippen molar-refractivity contribution >= 4 is 29.3 Å². The minimum Gasteiger partial charge on any atom is -0.410 e. The van der Waals surface area contributed by atoms with Crippen LogP contribution in [0.5, 0.6) is 5.75 Å². The van der Waals surface area contributed by atoms with Crippen molar-refractivity contribution in [1.82, 2.24) is 20.5 Å². The number of pyridine rings is 1. The Morgan fingerprint density at radius 2 is 2.00 bits per heavy atom. The number of hydrogen-bond acceptors (Lipinski definition) is 8. The van der Waals surface area contributed by atoms with Crippen LogP contribution in [-0.4, -0.2) is 52.4 Å². The molecule has 1 saturated carbocycles. The molecule has 0 spiro atoms. The molecule has 2 amide bonds. The minimum atomic E-state index is -0.492. The number of carbonyl (C=O) groups excluding carboxylic acids is 2. The normalized spacial score (nSPS) is 22.2. The standard InChI is InChI=1S/C24H23N7O3/c25-21-10-14(12-26-29-21)17-11-19(17)28-23(32)18-6-7-20-22(27-18)31(15-8-9-30(20)13-15)24(33)34-16-4-2-1-3-5-16/h1-7,10,12,15,17,19H,8-9,11,13H2,(H2,25,29)(H,28,32)/t15-,17?,19?/m0/s1.